The molecule has 4 nitrogen and oxygen atoms in total. The van der Waals surface area contributed by atoms with Crippen LogP contribution in [-0.4, -0.2) is 11.8 Å². The number of hydrogen-bond acceptors (Lipinski definition) is 4. The van der Waals surface area contributed by atoms with E-state index in [1.165, 1.54) is 75.3 Å². The van der Waals surface area contributed by atoms with Crippen molar-refractivity contribution in [2.75, 3.05) is 5.32 Å². The van der Waals surface area contributed by atoms with Gasteiger partial charge < -0.3 is 18.7 Å². The number of para-hydroxylation sites is 1. The highest BCUT2D eigenvalue weighted by molar-refractivity contribution is 7.27. The van der Waals surface area contributed by atoms with Gasteiger partial charge in [-0.05, 0) is 93.1 Å². The number of anilines is 2. The Morgan fingerprint density at radius 2 is 1.19 bits per heavy atom. The third kappa shape index (κ3) is 6.15. The first-order valence-electron chi connectivity index (χ1n) is 24.4. The van der Waals surface area contributed by atoms with Gasteiger partial charge in [-0.15, -0.1) is 11.3 Å². The molecule has 0 amide bonds. The number of fused-ring (bicyclic) bond motifs is 13. The number of benzene rings is 9. The van der Waals surface area contributed by atoms with Crippen LogP contribution in [0.1, 0.15) is 52.7 Å². The first kappa shape index (κ1) is 41.2. The zero-order chi connectivity index (χ0) is 47.2. The van der Waals surface area contributed by atoms with Gasteiger partial charge in [0.1, 0.15) is 22.5 Å². The highest BCUT2D eigenvalue weighted by atomic mass is 32.1. The number of thiophene rings is 1. The highest BCUT2D eigenvalue weighted by Gasteiger charge is 2.33. The monoisotopic (exact) mass is 920 g/mol. The largest absolute Gasteiger partial charge is 0.456 e. The van der Waals surface area contributed by atoms with E-state index in [1.54, 1.807) is 0 Å². The molecule has 5 heterocycles. The van der Waals surface area contributed by atoms with E-state index in [-0.39, 0.29) is 10.8 Å². The van der Waals surface area contributed by atoms with Crippen LogP contribution < -0.4 is 16.2 Å². The van der Waals surface area contributed by atoms with Gasteiger partial charge in [0.25, 0.3) is 0 Å². The van der Waals surface area contributed by atoms with Crippen LogP contribution in [0.25, 0.3) is 114 Å². The average molecular weight is 921 g/mol. The third-order valence-corrected chi connectivity index (χ3v) is 16.1. The predicted octanol–water partition coefficient (Wildman–Crippen LogP) is 16.8. The summed E-state index contributed by atoms with van der Waals surface area (Å²) in [5.74, 6) is 0.888. The van der Waals surface area contributed by atoms with Crippen molar-refractivity contribution in [2.45, 2.75) is 52.4 Å². The van der Waals surface area contributed by atoms with Gasteiger partial charge in [-0.25, -0.2) is 0 Å². The second-order valence-corrected chi connectivity index (χ2v) is 22.4. The summed E-state index contributed by atoms with van der Waals surface area (Å²) in [5.41, 5.74) is 19.2. The predicted molar refractivity (Wildman–Crippen MR) is 301 cm³/mol. The maximum absolute atomic E-state index is 7.09. The van der Waals surface area contributed by atoms with Gasteiger partial charge in [-0.3, -0.25) is 0 Å². The molecule has 0 fully saturated rings. The second-order valence-electron chi connectivity index (χ2n) is 21.3. The molecule has 0 atom stereocenters. The summed E-state index contributed by atoms with van der Waals surface area (Å²) in [6.07, 6.45) is 0. The van der Waals surface area contributed by atoms with Crippen molar-refractivity contribution in [3.63, 3.8) is 0 Å². The standard InChI is InChI=1S/C64H49BN2O2S/c1-63(2,3)38-25-28-40(29-26-38)66-48-35-53-43(41-21-13-15-23-51(41)68-53)32-44(48)56-57-42-22-14-16-24-54(42)70-62(57)58-45-31-39(64(4,5)6)27-30-49(45)67-50-33-46-52(34-47(50)65-59(56)60(58)67)69-61(37-19-11-8-12-20-37)55(46)36-17-9-7-10-18-36/h7-35,65-66H,1-6H3. The first-order chi connectivity index (χ1) is 34.0. The molecule has 0 saturated carbocycles. The topological polar surface area (TPSA) is 43.2 Å². The lowest BCUT2D eigenvalue weighted by Crippen LogP contribution is -2.37. The van der Waals surface area contributed by atoms with Crippen LogP contribution in [0.3, 0.4) is 0 Å². The lowest BCUT2D eigenvalue weighted by molar-refractivity contribution is 0.590. The van der Waals surface area contributed by atoms with Gasteiger partial charge in [0, 0.05) is 81.2 Å². The minimum Gasteiger partial charge on any atom is -0.456 e. The van der Waals surface area contributed by atoms with Crippen LogP contribution in [0.4, 0.5) is 11.4 Å². The van der Waals surface area contributed by atoms with Gasteiger partial charge >= 0.3 is 0 Å². The van der Waals surface area contributed by atoms with Crippen molar-refractivity contribution >= 4 is 116 Å². The minimum atomic E-state index is -0.0431. The Balaban J connectivity index is 1.14. The van der Waals surface area contributed by atoms with Crippen molar-refractivity contribution < 1.29 is 8.83 Å². The molecule has 0 saturated heterocycles. The molecular formula is C64H49BN2O2S. The Labute approximate surface area is 411 Å². The van der Waals surface area contributed by atoms with Gasteiger partial charge in [-0.2, -0.15) is 0 Å². The molecular weight excluding hydrogens is 872 g/mol. The molecule has 4 aromatic heterocycles. The van der Waals surface area contributed by atoms with Crippen molar-refractivity contribution in [1.82, 2.24) is 4.57 Å². The third-order valence-electron chi connectivity index (χ3n) is 14.9. The summed E-state index contributed by atoms with van der Waals surface area (Å²) in [4.78, 5) is 0. The second kappa shape index (κ2) is 14.9. The van der Waals surface area contributed by atoms with E-state index in [1.807, 2.05) is 11.3 Å². The molecule has 0 radical (unpaired) electrons. The van der Waals surface area contributed by atoms with Crippen molar-refractivity contribution in [1.29, 1.82) is 0 Å². The fourth-order valence-electron chi connectivity index (χ4n) is 11.4. The van der Waals surface area contributed by atoms with Gasteiger partial charge in [-0.1, -0.05) is 162 Å². The van der Waals surface area contributed by atoms with Gasteiger partial charge in [0.05, 0.1) is 16.7 Å². The maximum Gasteiger partial charge on any atom is 0.198 e. The van der Waals surface area contributed by atoms with Crippen LogP contribution in [-0.2, 0) is 10.8 Å². The van der Waals surface area contributed by atoms with E-state index >= 15 is 0 Å². The van der Waals surface area contributed by atoms with E-state index in [0.29, 0.717) is 7.28 Å². The summed E-state index contributed by atoms with van der Waals surface area (Å²) in [6.45, 7) is 13.8. The maximum atomic E-state index is 7.09. The van der Waals surface area contributed by atoms with E-state index in [4.69, 9.17) is 8.83 Å². The molecule has 0 bridgehead atoms. The number of rotatable bonds is 5. The number of nitrogens with zero attached hydrogens (tertiary/aromatic N) is 1. The summed E-state index contributed by atoms with van der Waals surface area (Å²) in [6, 6.07) is 64.4. The van der Waals surface area contributed by atoms with Crippen LogP contribution >= 0.6 is 11.3 Å². The Hall–Kier alpha value is -7.80. The van der Waals surface area contributed by atoms with E-state index in [0.717, 1.165) is 72.3 Å². The zero-order valence-corrected chi connectivity index (χ0v) is 40.9. The fraction of sp³-hybridized carbons (Fsp3) is 0.125. The molecule has 0 spiro atoms. The Bertz CT molecular complexity index is 4290. The molecule has 1 aliphatic rings. The van der Waals surface area contributed by atoms with Crippen molar-refractivity contribution in [3.8, 4) is 39.3 Å². The quantitative estimate of drug-likeness (QED) is 0.175. The summed E-state index contributed by atoms with van der Waals surface area (Å²) in [5, 5.41) is 12.5. The minimum absolute atomic E-state index is 0.0381. The Morgan fingerprint density at radius 3 is 1.94 bits per heavy atom. The van der Waals surface area contributed by atoms with E-state index in [2.05, 4.69) is 227 Å². The van der Waals surface area contributed by atoms with Crippen LogP contribution in [0.15, 0.2) is 185 Å². The lowest BCUT2D eigenvalue weighted by atomic mass is 9.58. The van der Waals surface area contributed by atoms with Gasteiger partial charge in [0.15, 0.2) is 7.28 Å². The Kier molecular flexibility index (Phi) is 8.74. The molecule has 70 heavy (non-hydrogen) atoms. The van der Waals surface area contributed by atoms with Crippen molar-refractivity contribution in [2.24, 2.45) is 0 Å². The van der Waals surface area contributed by atoms with Crippen molar-refractivity contribution in [3.05, 3.63) is 187 Å². The number of furan rings is 2. The van der Waals surface area contributed by atoms with Crippen LogP contribution in [0.2, 0.25) is 0 Å². The van der Waals surface area contributed by atoms with Crippen LogP contribution in [0, 0.1) is 0 Å². The van der Waals surface area contributed by atoms with E-state index < -0.39 is 0 Å². The summed E-state index contributed by atoms with van der Waals surface area (Å²) >= 11 is 1.92. The molecule has 13 aromatic rings. The normalized spacial score (nSPS) is 12.8. The molecule has 0 unspecified atom stereocenters. The average Bonchev–Trinajstić information content (AvgIpc) is 4.13. The zero-order valence-electron chi connectivity index (χ0n) is 40.1. The smallest absolute Gasteiger partial charge is 0.198 e. The molecule has 14 rings (SSSR count). The van der Waals surface area contributed by atoms with E-state index in [9.17, 15) is 0 Å². The molecule has 9 aromatic carbocycles. The number of aromatic nitrogens is 1. The Morgan fingerprint density at radius 1 is 0.514 bits per heavy atom. The fourth-order valence-corrected chi connectivity index (χ4v) is 12.7. The first-order valence-corrected chi connectivity index (χ1v) is 25.3. The molecule has 1 N–H and O–H groups in total. The molecule has 336 valence electrons. The molecule has 6 heteroatoms. The summed E-state index contributed by atoms with van der Waals surface area (Å²) in [7, 11) is 0.714. The number of hydrogen-bond donors (Lipinski definition) is 1. The lowest BCUT2D eigenvalue weighted by Gasteiger charge is -2.25. The molecule has 1 aliphatic heterocycles. The SMILES string of the molecule is CC(C)(C)c1ccc(Nc2cc3oc4ccccc4c3cc2-c2c3c4c(c5cc(C(C)(C)C)ccc5n4-c4cc5c(-c6ccccc6)c(-c6ccccc6)oc5cc4B3)c3sc4ccccc4c23)cc1. The molecule has 0 aliphatic carbocycles. The highest BCUT2D eigenvalue weighted by Crippen LogP contribution is 2.51. The van der Waals surface area contributed by atoms with Crippen LogP contribution in [0.5, 0.6) is 0 Å². The number of nitrogens with one attached hydrogen (secondary N) is 1. The van der Waals surface area contributed by atoms with Gasteiger partial charge in [0.2, 0.25) is 0 Å². The summed E-state index contributed by atoms with van der Waals surface area (Å²) < 4.78 is 19.0.